The summed E-state index contributed by atoms with van der Waals surface area (Å²) in [5.41, 5.74) is 0. The Morgan fingerprint density at radius 3 is 3.12 bits per heavy atom. The van der Waals surface area contributed by atoms with Crippen molar-refractivity contribution >= 4 is 22.5 Å². The third-order valence-corrected chi connectivity index (χ3v) is 3.65. The number of urea groups is 1. The number of likely N-dealkylation sites (tertiary alicyclic amines) is 1. The smallest absolute Gasteiger partial charge is 0.323 e. The molecule has 1 aromatic rings. The summed E-state index contributed by atoms with van der Waals surface area (Å²) in [4.78, 5) is 13.5. The fourth-order valence-corrected chi connectivity index (χ4v) is 2.43. The molecule has 1 aromatic heterocycles. The summed E-state index contributed by atoms with van der Waals surface area (Å²) in [5, 5.41) is 21.4. The van der Waals surface area contributed by atoms with Gasteiger partial charge in [-0.05, 0) is 19.3 Å². The van der Waals surface area contributed by atoms with Crippen LogP contribution in [0.5, 0.6) is 0 Å². The second-order valence-corrected chi connectivity index (χ2v) is 5.09. The lowest BCUT2D eigenvalue weighted by molar-refractivity contribution is 0.0883. The van der Waals surface area contributed by atoms with E-state index >= 15 is 0 Å². The van der Waals surface area contributed by atoms with E-state index in [0.29, 0.717) is 18.2 Å². The molecule has 0 radical (unpaired) electrons. The minimum Gasteiger partial charge on any atom is -0.391 e. The van der Waals surface area contributed by atoms with E-state index in [2.05, 4.69) is 15.5 Å². The molecule has 2 amide bonds. The van der Waals surface area contributed by atoms with Gasteiger partial charge in [0.1, 0.15) is 5.01 Å². The van der Waals surface area contributed by atoms with Gasteiger partial charge in [0, 0.05) is 13.1 Å². The van der Waals surface area contributed by atoms with Crippen molar-refractivity contribution in [3.8, 4) is 0 Å². The maximum Gasteiger partial charge on any atom is 0.323 e. The van der Waals surface area contributed by atoms with Gasteiger partial charge in [0.05, 0.1) is 6.10 Å². The van der Waals surface area contributed by atoms with Crippen LogP contribution in [-0.2, 0) is 6.42 Å². The fourth-order valence-electron chi connectivity index (χ4n) is 1.76. The highest BCUT2D eigenvalue weighted by Crippen LogP contribution is 2.17. The molecule has 0 bridgehead atoms. The van der Waals surface area contributed by atoms with E-state index in [9.17, 15) is 9.90 Å². The molecule has 0 aromatic carbocycles. The second kappa shape index (κ2) is 5.42. The third kappa shape index (κ3) is 3.13. The topological polar surface area (TPSA) is 78.4 Å². The number of aliphatic hydroxyl groups excluding tert-OH is 1. The summed E-state index contributed by atoms with van der Waals surface area (Å²) in [5.74, 6) is 0. The Labute approximate surface area is 104 Å². The number of hydrogen-bond acceptors (Lipinski definition) is 5. The van der Waals surface area contributed by atoms with Crippen molar-refractivity contribution in [3.05, 3.63) is 5.01 Å². The number of nitrogens with zero attached hydrogens (tertiary/aromatic N) is 3. The number of carbonyl (C=O) groups excluding carboxylic acids is 1. The number of aliphatic hydroxyl groups is 1. The quantitative estimate of drug-likeness (QED) is 0.830. The summed E-state index contributed by atoms with van der Waals surface area (Å²) < 4.78 is 0. The number of β-amino-alcohol motifs (C(OH)–C–C–N with tert-alkyl or cyclic N) is 1. The number of aromatic nitrogens is 2. The Hall–Kier alpha value is -1.21. The first-order valence-electron chi connectivity index (χ1n) is 5.75. The first-order chi connectivity index (χ1) is 8.19. The minimum atomic E-state index is -0.407. The summed E-state index contributed by atoms with van der Waals surface area (Å²) in [7, 11) is 0. The molecule has 1 saturated heterocycles. The number of hydrogen-bond donors (Lipinski definition) is 2. The lowest BCUT2D eigenvalue weighted by Gasteiger charge is -2.29. The van der Waals surface area contributed by atoms with Crippen LogP contribution in [0.4, 0.5) is 9.93 Å². The number of anilines is 1. The van der Waals surface area contributed by atoms with Gasteiger partial charge in [-0.2, -0.15) is 0 Å². The summed E-state index contributed by atoms with van der Waals surface area (Å²) >= 11 is 1.38. The van der Waals surface area contributed by atoms with Crippen LogP contribution in [-0.4, -0.2) is 45.4 Å². The fraction of sp³-hybridized carbons (Fsp3) is 0.700. The van der Waals surface area contributed by atoms with Gasteiger partial charge in [-0.25, -0.2) is 4.79 Å². The Morgan fingerprint density at radius 2 is 2.47 bits per heavy atom. The van der Waals surface area contributed by atoms with Crippen LogP contribution in [0.1, 0.15) is 24.8 Å². The van der Waals surface area contributed by atoms with Crippen molar-refractivity contribution in [2.75, 3.05) is 18.4 Å². The predicted molar refractivity (Wildman–Crippen MR) is 65.1 cm³/mol. The van der Waals surface area contributed by atoms with Crippen LogP contribution < -0.4 is 5.32 Å². The highest BCUT2D eigenvalue weighted by atomic mass is 32.1. The number of aryl methyl sites for hydroxylation is 1. The van der Waals surface area contributed by atoms with E-state index in [1.165, 1.54) is 11.3 Å². The zero-order chi connectivity index (χ0) is 12.3. The summed E-state index contributed by atoms with van der Waals surface area (Å²) in [6.45, 7) is 3.07. The third-order valence-electron chi connectivity index (χ3n) is 2.67. The molecule has 7 heteroatoms. The Bertz CT molecular complexity index is 395. The molecule has 1 aliphatic heterocycles. The standard InChI is InChI=1S/C10H16N4O2S/c1-2-8-12-13-9(17-8)11-10(16)14-5-3-4-7(15)6-14/h7,15H,2-6H2,1H3,(H,11,13,16). The molecule has 1 aliphatic rings. The number of rotatable bonds is 2. The van der Waals surface area contributed by atoms with Crippen LogP contribution in [0, 0.1) is 0 Å². The van der Waals surface area contributed by atoms with Gasteiger partial charge < -0.3 is 10.0 Å². The van der Waals surface area contributed by atoms with E-state index in [-0.39, 0.29) is 6.03 Å². The van der Waals surface area contributed by atoms with Crippen LogP contribution >= 0.6 is 11.3 Å². The molecule has 94 valence electrons. The Morgan fingerprint density at radius 1 is 1.65 bits per heavy atom. The number of carbonyl (C=O) groups is 1. The van der Waals surface area contributed by atoms with Gasteiger partial charge in [0.15, 0.2) is 0 Å². The zero-order valence-electron chi connectivity index (χ0n) is 9.72. The Kier molecular flexibility index (Phi) is 3.90. The normalized spacial score (nSPS) is 20.4. The minimum absolute atomic E-state index is 0.206. The number of piperidine rings is 1. The van der Waals surface area contributed by atoms with Crippen molar-refractivity contribution in [2.45, 2.75) is 32.3 Å². The van der Waals surface area contributed by atoms with Gasteiger partial charge in [-0.1, -0.05) is 18.3 Å². The van der Waals surface area contributed by atoms with E-state index in [1.54, 1.807) is 4.90 Å². The second-order valence-electron chi connectivity index (χ2n) is 4.03. The van der Waals surface area contributed by atoms with Crippen LogP contribution in [0.15, 0.2) is 0 Å². The van der Waals surface area contributed by atoms with E-state index in [4.69, 9.17) is 0 Å². The molecular formula is C10H16N4O2S. The summed E-state index contributed by atoms with van der Waals surface area (Å²) in [6.07, 6.45) is 2.01. The molecule has 2 rings (SSSR count). The highest BCUT2D eigenvalue weighted by molar-refractivity contribution is 7.15. The van der Waals surface area contributed by atoms with E-state index in [0.717, 1.165) is 24.3 Å². The van der Waals surface area contributed by atoms with Crippen molar-refractivity contribution < 1.29 is 9.90 Å². The maximum absolute atomic E-state index is 11.9. The molecule has 2 N–H and O–H groups in total. The average molecular weight is 256 g/mol. The van der Waals surface area contributed by atoms with Crippen molar-refractivity contribution in [3.63, 3.8) is 0 Å². The average Bonchev–Trinajstić information content (AvgIpc) is 2.77. The van der Waals surface area contributed by atoms with Crippen molar-refractivity contribution in [2.24, 2.45) is 0 Å². The number of amides is 2. The molecule has 0 spiro atoms. The maximum atomic E-state index is 11.9. The molecule has 0 aliphatic carbocycles. The molecule has 0 saturated carbocycles. The molecular weight excluding hydrogens is 240 g/mol. The molecule has 1 fully saturated rings. The lowest BCUT2D eigenvalue weighted by Crippen LogP contribution is -2.44. The molecule has 2 heterocycles. The first kappa shape index (κ1) is 12.3. The zero-order valence-corrected chi connectivity index (χ0v) is 10.5. The summed E-state index contributed by atoms with van der Waals surface area (Å²) in [6, 6.07) is -0.206. The van der Waals surface area contributed by atoms with Crippen molar-refractivity contribution in [1.29, 1.82) is 0 Å². The van der Waals surface area contributed by atoms with Gasteiger partial charge in [0.2, 0.25) is 5.13 Å². The van der Waals surface area contributed by atoms with Gasteiger partial charge in [-0.3, -0.25) is 5.32 Å². The van der Waals surface area contributed by atoms with Crippen LogP contribution in [0.25, 0.3) is 0 Å². The largest absolute Gasteiger partial charge is 0.391 e. The first-order valence-corrected chi connectivity index (χ1v) is 6.57. The van der Waals surface area contributed by atoms with Gasteiger partial charge >= 0.3 is 6.03 Å². The highest BCUT2D eigenvalue weighted by Gasteiger charge is 2.22. The number of nitrogens with one attached hydrogen (secondary N) is 1. The van der Waals surface area contributed by atoms with E-state index < -0.39 is 6.10 Å². The predicted octanol–water partition coefficient (Wildman–Crippen LogP) is 1.09. The molecule has 6 nitrogen and oxygen atoms in total. The molecule has 17 heavy (non-hydrogen) atoms. The van der Waals surface area contributed by atoms with Crippen molar-refractivity contribution in [1.82, 2.24) is 15.1 Å². The molecule has 1 atom stereocenters. The van der Waals surface area contributed by atoms with Gasteiger partial charge in [0.25, 0.3) is 0 Å². The molecule has 1 unspecified atom stereocenters. The van der Waals surface area contributed by atoms with Crippen LogP contribution in [0.2, 0.25) is 0 Å². The Balaban J connectivity index is 1.91. The SMILES string of the molecule is CCc1nnc(NC(=O)N2CCCC(O)C2)s1. The monoisotopic (exact) mass is 256 g/mol. The van der Waals surface area contributed by atoms with Gasteiger partial charge in [-0.15, -0.1) is 10.2 Å². The van der Waals surface area contributed by atoms with Crippen LogP contribution in [0.3, 0.4) is 0 Å². The lowest BCUT2D eigenvalue weighted by atomic mass is 10.1. The van der Waals surface area contributed by atoms with E-state index in [1.807, 2.05) is 6.92 Å².